The molecule has 2 heterocycles. The number of hydrogen-bond donors (Lipinski definition) is 1. The van der Waals surface area contributed by atoms with Gasteiger partial charge in [-0.2, -0.15) is 11.8 Å². The highest BCUT2D eigenvalue weighted by molar-refractivity contribution is 7.98. The smallest absolute Gasteiger partial charge is 0.240 e. The second-order valence-electron chi connectivity index (χ2n) is 4.74. The number of carbonyl (C=O) groups excluding carboxylic acids is 1. The number of nitrogens with two attached hydrogens (primary N) is 1. The summed E-state index contributed by atoms with van der Waals surface area (Å²) in [6, 6.07) is 6.80. The van der Waals surface area contributed by atoms with E-state index in [2.05, 4.69) is 0 Å². The van der Waals surface area contributed by atoms with Crippen LogP contribution in [0.1, 0.15) is 17.9 Å². The Bertz CT molecular complexity index is 489. The van der Waals surface area contributed by atoms with E-state index < -0.39 is 6.04 Å². The molecule has 2 rings (SSSR count). The molecule has 2 aromatic rings. The number of amides is 1. The summed E-state index contributed by atoms with van der Waals surface area (Å²) in [6.45, 7) is 0.777. The summed E-state index contributed by atoms with van der Waals surface area (Å²) >= 11 is 1.68. The molecule has 0 aromatic carbocycles. The second-order valence-corrected chi connectivity index (χ2v) is 5.73. The van der Waals surface area contributed by atoms with Crippen LogP contribution in [0.2, 0.25) is 0 Å². The predicted octanol–water partition coefficient (Wildman–Crippen LogP) is 2.48. The lowest BCUT2D eigenvalue weighted by molar-refractivity contribution is -0.134. The third-order valence-electron chi connectivity index (χ3n) is 3.12. The molecule has 0 fully saturated rings. The van der Waals surface area contributed by atoms with Gasteiger partial charge in [0.15, 0.2) is 0 Å². The molecule has 114 valence electrons. The van der Waals surface area contributed by atoms with Crippen molar-refractivity contribution >= 4 is 17.7 Å². The first-order chi connectivity index (χ1) is 10.2. The van der Waals surface area contributed by atoms with Crippen LogP contribution in [0.15, 0.2) is 45.6 Å². The Kier molecular flexibility index (Phi) is 5.95. The van der Waals surface area contributed by atoms with Gasteiger partial charge < -0.3 is 19.5 Å². The highest BCUT2D eigenvalue weighted by Gasteiger charge is 2.22. The third kappa shape index (κ3) is 4.68. The Morgan fingerprint density at radius 3 is 2.24 bits per heavy atom. The van der Waals surface area contributed by atoms with E-state index in [1.54, 1.807) is 41.3 Å². The van der Waals surface area contributed by atoms with E-state index in [0.717, 1.165) is 17.3 Å². The number of carbonyl (C=O) groups is 1. The summed E-state index contributed by atoms with van der Waals surface area (Å²) in [6.07, 6.45) is 5.85. The Labute approximate surface area is 128 Å². The van der Waals surface area contributed by atoms with E-state index in [1.165, 1.54) is 0 Å². The molecule has 0 saturated carbocycles. The zero-order chi connectivity index (χ0) is 15.1. The average Bonchev–Trinajstić information content (AvgIpc) is 3.16. The van der Waals surface area contributed by atoms with Crippen molar-refractivity contribution in [2.45, 2.75) is 25.6 Å². The van der Waals surface area contributed by atoms with E-state index in [1.807, 2.05) is 18.4 Å². The Morgan fingerprint density at radius 1 is 1.24 bits per heavy atom. The van der Waals surface area contributed by atoms with E-state index in [0.29, 0.717) is 19.5 Å². The minimum Gasteiger partial charge on any atom is -0.467 e. The van der Waals surface area contributed by atoms with Gasteiger partial charge in [0.25, 0.3) is 0 Å². The fraction of sp³-hybridized carbons (Fsp3) is 0.400. The second kappa shape index (κ2) is 7.95. The summed E-state index contributed by atoms with van der Waals surface area (Å²) in [4.78, 5) is 14.2. The van der Waals surface area contributed by atoms with Crippen molar-refractivity contribution < 1.29 is 13.6 Å². The molecule has 2 N–H and O–H groups in total. The average molecular weight is 308 g/mol. The lowest BCUT2D eigenvalue weighted by Crippen LogP contribution is -2.43. The normalized spacial score (nSPS) is 12.3. The molecule has 6 heteroatoms. The fourth-order valence-corrected chi connectivity index (χ4v) is 2.49. The minimum absolute atomic E-state index is 0.0862. The molecule has 0 spiro atoms. The van der Waals surface area contributed by atoms with Crippen molar-refractivity contribution in [3.8, 4) is 0 Å². The van der Waals surface area contributed by atoms with Crippen LogP contribution < -0.4 is 5.73 Å². The molecule has 2 aromatic heterocycles. The number of rotatable bonds is 8. The van der Waals surface area contributed by atoms with Gasteiger partial charge in [0.1, 0.15) is 11.5 Å². The van der Waals surface area contributed by atoms with Crippen LogP contribution in [0.5, 0.6) is 0 Å². The van der Waals surface area contributed by atoms with Crippen LogP contribution in [0, 0.1) is 0 Å². The summed E-state index contributed by atoms with van der Waals surface area (Å²) in [5, 5.41) is 0. The quantitative estimate of drug-likeness (QED) is 0.811. The van der Waals surface area contributed by atoms with E-state index >= 15 is 0 Å². The van der Waals surface area contributed by atoms with Crippen molar-refractivity contribution in [3.63, 3.8) is 0 Å². The maximum atomic E-state index is 12.5. The maximum absolute atomic E-state index is 12.5. The molecule has 0 aliphatic carbocycles. The summed E-state index contributed by atoms with van der Waals surface area (Å²) in [5.74, 6) is 2.23. The van der Waals surface area contributed by atoms with Crippen LogP contribution in [-0.2, 0) is 17.9 Å². The van der Waals surface area contributed by atoms with Crippen LogP contribution in [0.3, 0.4) is 0 Å². The summed E-state index contributed by atoms with van der Waals surface area (Å²) in [5.41, 5.74) is 6.00. The van der Waals surface area contributed by atoms with E-state index in [4.69, 9.17) is 14.6 Å². The molecular weight excluding hydrogens is 288 g/mol. The van der Waals surface area contributed by atoms with Gasteiger partial charge in [-0.15, -0.1) is 0 Å². The fourth-order valence-electron chi connectivity index (χ4n) is 2.00. The van der Waals surface area contributed by atoms with Crippen LogP contribution in [-0.4, -0.2) is 28.9 Å². The van der Waals surface area contributed by atoms with Crippen molar-refractivity contribution in [1.82, 2.24) is 4.90 Å². The molecule has 0 unspecified atom stereocenters. The monoisotopic (exact) mass is 308 g/mol. The lowest BCUT2D eigenvalue weighted by atomic mass is 10.2. The highest BCUT2D eigenvalue weighted by atomic mass is 32.2. The first kappa shape index (κ1) is 15.7. The molecule has 0 aliphatic heterocycles. The molecule has 1 amide bonds. The van der Waals surface area contributed by atoms with Gasteiger partial charge in [0.05, 0.1) is 31.7 Å². The van der Waals surface area contributed by atoms with Gasteiger partial charge in [-0.3, -0.25) is 4.79 Å². The van der Waals surface area contributed by atoms with Crippen molar-refractivity contribution in [1.29, 1.82) is 0 Å². The lowest BCUT2D eigenvalue weighted by Gasteiger charge is -2.24. The van der Waals surface area contributed by atoms with Gasteiger partial charge in [0.2, 0.25) is 5.91 Å². The molecule has 0 bridgehead atoms. The van der Waals surface area contributed by atoms with Gasteiger partial charge in [-0.1, -0.05) is 0 Å². The zero-order valence-electron chi connectivity index (χ0n) is 12.0. The molecule has 21 heavy (non-hydrogen) atoms. The van der Waals surface area contributed by atoms with Gasteiger partial charge in [-0.25, -0.2) is 0 Å². The highest BCUT2D eigenvalue weighted by Crippen LogP contribution is 2.13. The topological polar surface area (TPSA) is 72.6 Å². The maximum Gasteiger partial charge on any atom is 0.240 e. The van der Waals surface area contributed by atoms with E-state index in [-0.39, 0.29) is 5.91 Å². The molecule has 5 nitrogen and oxygen atoms in total. The van der Waals surface area contributed by atoms with Crippen molar-refractivity contribution in [3.05, 3.63) is 48.3 Å². The first-order valence-electron chi connectivity index (χ1n) is 6.78. The standard InChI is InChI=1S/C15H20N2O3S/c1-21-9-6-14(16)15(18)17(10-12-4-2-7-19-12)11-13-5-3-8-20-13/h2-5,7-8,14H,6,9-11,16H2,1H3/t14-/m0/s1. The minimum atomic E-state index is -0.498. The summed E-state index contributed by atoms with van der Waals surface area (Å²) < 4.78 is 10.6. The molecule has 0 saturated heterocycles. The van der Waals surface area contributed by atoms with Gasteiger partial charge >= 0.3 is 0 Å². The van der Waals surface area contributed by atoms with Gasteiger partial charge in [-0.05, 0) is 42.7 Å². The largest absolute Gasteiger partial charge is 0.467 e. The summed E-state index contributed by atoms with van der Waals surface area (Å²) in [7, 11) is 0. The Morgan fingerprint density at radius 2 is 1.81 bits per heavy atom. The Hall–Kier alpha value is -1.66. The van der Waals surface area contributed by atoms with Crippen LogP contribution in [0.25, 0.3) is 0 Å². The first-order valence-corrected chi connectivity index (χ1v) is 8.18. The Balaban J connectivity index is 2.04. The number of thioether (sulfide) groups is 1. The molecule has 1 atom stereocenters. The molecule has 0 radical (unpaired) electrons. The number of furan rings is 2. The van der Waals surface area contributed by atoms with Crippen LogP contribution in [0.4, 0.5) is 0 Å². The molecule has 0 aliphatic rings. The van der Waals surface area contributed by atoms with E-state index in [9.17, 15) is 4.79 Å². The SMILES string of the molecule is CSCC[C@H](N)C(=O)N(Cc1ccco1)Cc1ccco1. The zero-order valence-corrected chi connectivity index (χ0v) is 12.8. The number of hydrogen-bond acceptors (Lipinski definition) is 5. The predicted molar refractivity (Wildman–Crippen MR) is 82.6 cm³/mol. The van der Waals surface area contributed by atoms with Crippen LogP contribution >= 0.6 is 11.8 Å². The van der Waals surface area contributed by atoms with Crippen molar-refractivity contribution in [2.24, 2.45) is 5.73 Å². The van der Waals surface area contributed by atoms with Gasteiger partial charge in [0, 0.05) is 0 Å². The number of nitrogens with zero attached hydrogens (tertiary/aromatic N) is 1. The third-order valence-corrected chi connectivity index (χ3v) is 3.76. The van der Waals surface area contributed by atoms with Crippen molar-refractivity contribution in [2.75, 3.05) is 12.0 Å². The molecular formula is C15H20N2O3S.